The summed E-state index contributed by atoms with van der Waals surface area (Å²) in [7, 11) is 0. The van der Waals surface area contributed by atoms with E-state index in [-0.39, 0.29) is 6.04 Å². The molecular formula is C23H20BrN3O. The van der Waals surface area contributed by atoms with E-state index < -0.39 is 0 Å². The standard InChI is InChI=1S/C23H20BrN3O/c24-20-13-11-18(12-14-20)21(25-16-15-17-7-3-1-4-8-17)23-27-26-22(28-23)19-9-5-2-6-10-19/h1-14,21,25H,15-16H2/t21-/m0/s1. The Morgan fingerprint density at radius 3 is 2.21 bits per heavy atom. The fourth-order valence-electron chi connectivity index (χ4n) is 3.06. The molecule has 4 rings (SSSR count). The number of hydrogen-bond acceptors (Lipinski definition) is 4. The predicted molar refractivity (Wildman–Crippen MR) is 114 cm³/mol. The Morgan fingerprint density at radius 1 is 0.821 bits per heavy atom. The zero-order valence-electron chi connectivity index (χ0n) is 15.3. The van der Waals surface area contributed by atoms with E-state index in [1.54, 1.807) is 0 Å². The molecule has 4 aromatic rings. The molecule has 4 nitrogen and oxygen atoms in total. The average Bonchev–Trinajstić information content (AvgIpc) is 3.23. The molecule has 0 radical (unpaired) electrons. The molecule has 5 heteroatoms. The number of halogens is 1. The van der Waals surface area contributed by atoms with Gasteiger partial charge < -0.3 is 9.73 Å². The van der Waals surface area contributed by atoms with E-state index in [0.29, 0.717) is 11.8 Å². The van der Waals surface area contributed by atoms with Crippen LogP contribution in [0.25, 0.3) is 11.5 Å². The van der Waals surface area contributed by atoms with Crippen molar-refractivity contribution in [3.8, 4) is 11.5 Å². The van der Waals surface area contributed by atoms with Crippen LogP contribution in [0.3, 0.4) is 0 Å². The van der Waals surface area contributed by atoms with Crippen LogP contribution in [0.1, 0.15) is 23.1 Å². The summed E-state index contributed by atoms with van der Waals surface area (Å²) in [6.45, 7) is 0.799. The van der Waals surface area contributed by atoms with Crippen LogP contribution in [0.4, 0.5) is 0 Å². The van der Waals surface area contributed by atoms with Gasteiger partial charge >= 0.3 is 0 Å². The summed E-state index contributed by atoms with van der Waals surface area (Å²) < 4.78 is 7.06. The van der Waals surface area contributed by atoms with Gasteiger partial charge in [0.15, 0.2) is 0 Å². The maximum atomic E-state index is 6.02. The Kier molecular flexibility index (Phi) is 5.95. The first-order valence-corrected chi connectivity index (χ1v) is 10.0. The second-order valence-corrected chi connectivity index (χ2v) is 7.40. The van der Waals surface area contributed by atoms with E-state index in [1.807, 2.05) is 48.5 Å². The van der Waals surface area contributed by atoms with Crippen molar-refractivity contribution in [1.82, 2.24) is 15.5 Å². The summed E-state index contributed by atoms with van der Waals surface area (Å²) >= 11 is 3.50. The predicted octanol–water partition coefficient (Wildman–Crippen LogP) is 5.42. The first-order valence-electron chi connectivity index (χ1n) is 9.21. The molecule has 0 bridgehead atoms. The number of nitrogens with one attached hydrogen (secondary N) is 1. The smallest absolute Gasteiger partial charge is 0.247 e. The van der Waals surface area contributed by atoms with Crippen LogP contribution >= 0.6 is 15.9 Å². The van der Waals surface area contributed by atoms with Crippen LogP contribution < -0.4 is 5.32 Å². The topological polar surface area (TPSA) is 51.0 Å². The summed E-state index contributed by atoms with van der Waals surface area (Å²) in [5.74, 6) is 1.09. The van der Waals surface area contributed by atoms with Crippen molar-refractivity contribution < 1.29 is 4.42 Å². The van der Waals surface area contributed by atoms with Gasteiger partial charge in [-0.05, 0) is 41.8 Å². The molecule has 0 aliphatic carbocycles. The summed E-state index contributed by atoms with van der Waals surface area (Å²) in [6, 6.07) is 28.3. The van der Waals surface area contributed by atoms with Gasteiger partial charge in [-0.3, -0.25) is 0 Å². The minimum absolute atomic E-state index is 0.165. The van der Waals surface area contributed by atoms with E-state index in [4.69, 9.17) is 4.42 Å². The SMILES string of the molecule is Brc1ccc([C@H](NCCc2ccccc2)c2nnc(-c3ccccc3)o2)cc1. The lowest BCUT2D eigenvalue weighted by Crippen LogP contribution is -2.25. The minimum atomic E-state index is -0.165. The van der Waals surface area contributed by atoms with Gasteiger partial charge in [-0.15, -0.1) is 10.2 Å². The Morgan fingerprint density at radius 2 is 1.50 bits per heavy atom. The maximum Gasteiger partial charge on any atom is 0.247 e. The van der Waals surface area contributed by atoms with E-state index in [2.05, 4.69) is 67.8 Å². The highest BCUT2D eigenvalue weighted by atomic mass is 79.9. The Hall–Kier alpha value is -2.76. The molecule has 0 aliphatic heterocycles. The van der Waals surface area contributed by atoms with Gasteiger partial charge in [-0.2, -0.15) is 0 Å². The molecule has 0 spiro atoms. The molecule has 0 aliphatic rings. The molecule has 140 valence electrons. The Bertz CT molecular complexity index is 1000. The van der Waals surface area contributed by atoms with E-state index >= 15 is 0 Å². The second-order valence-electron chi connectivity index (χ2n) is 6.49. The monoisotopic (exact) mass is 433 g/mol. The van der Waals surface area contributed by atoms with Crippen LogP contribution in [0.15, 0.2) is 93.8 Å². The molecule has 1 N–H and O–H groups in total. The quantitative estimate of drug-likeness (QED) is 0.422. The van der Waals surface area contributed by atoms with Crippen LogP contribution in [0, 0.1) is 0 Å². The van der Waals surface area contributed by atoms with Gasteiger partial charge in [0.2, 0.25) is 11.8 Å². The number of rotatable bonds is 7. The van der Waals surface area contributed by atoms with Crippen molar-refractivity contribution in [1.29, 1.82) is 0 Å². The highest BCUT2D eigenvalue weighted by molar-refractivity contribution is 9.10. The molecule has 1 aromatic heterocycles. The summed E-state index contributed by atoms with van der Waals surface area (Å²) in [5, 5.41) is 12.2. The summed E-state index contributed by atoms with van der Waals surface area (Å²) in [4.78, 5) is 0. The van der Waals surface area contributed by atoms with Crippen molar-refractivity contribution in [2.75, 3.05) is 6.54 Å². The summed E-state index contributed by atoms with van der Waals surface area (Å²) in [5.41, 5.74) is 3.29. The second kappa shape index (κ2) is 8.95. The lowest BCUT2D eigenvalue weighted by molar-refractivity contribution is 0.440. The van der Waals surface area contributed by atoms with E-state index in [0.717, 1.165) is 28.6 Å². The van der Waals surface area contributed by atoms with E-state index in [9.17, 15) is 0 Å². The number of benzene rings is 3. The molecule has 1 heterocycles. The molecule has 0 amide bonds. The van der Waals surface area contributed by atoms with Gasteiger partial charge in [0, 0.05) is 16.6 Å². The van der Waals surface area contributed by atoms with Crippen molar-refractivity contribution in [3.63, 3.8) is 0 Å². The van der Waals surface area contributed by atoms with Crippen molar-refractivity contribution in [2.45, 2.75) is 12.5 Å². The Labute approximate surface area is 172 Å². The first-order chi connectivity index (χ1) is 13.8. The lowest BCUT2D eigenvalue weighted by Gasteiger charge is -2.16. The van der Waals surface area contributed by atoms with Crippen molar-refractivity contribution in [2.24, 2.45) is 0 Å². The lowest BCUT2D eigenvalue weighted by atomic mass is 10.1. The molecule has 28 heavy (non-hydrogen) atoms. The first kappa shape index (κ1) is 18.6. The third-order valence-corrected chi connectivity index (χ3v) is 5.05. The number of hydrogen-bond donors (Lipinski definition) is 1. The molecule has 0 fully saturated rings. The largest absolute Gasteiger partial charge is 0.419 e. The zero-order chi connectivity index (χ0) is 19.2. The highest BCUT2D eigenvalue weighted by Crippen LogP contribution is 2.26. The normalized spacial score (nSPS) is 12.0. The number of nitrogens with zero attached hydrogens (tertiary/aromatic N) is 2. The van der Waals surface area contributed by atoms with Crippen molar-refractivity contribution in [3.05, 3.63) is 106 Å². The van der Waals surface area contributed by atoms with Crippen LogP contribution in [-0.4, -0.2) is 16.7 Å². The van der Waals surface area contributed by atoms with Gasteiger partial charge in [0.25, 0.3) is 0 Å². The van der Waals surface area contributed by atoms with E-state index in [1.165, 1.54) is 5.56 Å². The fourth-order valence-corrected chi connectivity index (χ4v) is 3.32. The maximum absolute atomic E-state index is 6.02. The Balaban J connectivity index is 1.56. The summed E-state index contributed by atoms with van der Waals surface area (Å²) in [6.07, 6.45) is 0.924. The zero-order valence-corrected chi connectivity index (χ0v) is 16.8. The van der Waals surface area contributed by atoms with Crippen LogP contribution in [-0.2, 0) is 6.42 Å². The molecule has 0 saturated carbocycles. The fraction of sp³-hybridized carbons (Fsp3) is 0.130. The third-order valence-electron chi connectivity index (χ3n) is 4.52. The number of aromatic nitrogens is 2. The molecule has 0 saturated heterocycles. The molecule has 0 unspecified atom stereocenters. The van der Waals surface area contributed by atoms with Crippen molar-refractivity contribution >= 4 is 15.9 Å². The van der Waals surface area contributed by atoms with Gasteiger partial charge in [-0.25, -0.2) is 0 Å². The molecular weight excluding hydrogens is 414 g/mol. The molecule has 1 atom stereocenters. The average molecular weight is 434 g/mol. The molecule has 3 aromatic carbocycles. The van der Waals surface area contributed by atoms with Gasteiger partial charge in [-0.1, -0.05) is 76.6 Å². The third kappa shape index (κ3) is 4.55. The van der Waals surface area contributed by atoms with Gasteiger partial charge in [0.05, 0.1) is 0 Å². The van der Waals surface area contributed by atoms with Crippen LogP contribution in [0.5, 0.6) is 0 Å². The van der Waals surface area contributed by atoms with Gasteiger partial charge in [0.1, 0.15) is 6.04 Å². The minimum Gasteiger partial charge on any atom is -0.419 e. The highest BCUT2D eigenvalue weighted by Gasteiger charge is 2.21. The van der Waals surface area contributed by atoms with Crippen LogP contribution in [0.2, 0.25) is 0 Å².